The molecule has 0 radical (unpaired) electrons. The fourth-order valence-electron chi connectivity index (χ4n) is 3.54. The van der Waals surface area contributed by atoms with Crippen LogP contribution in [0.1, 0.15) is 32.3 Å². The average Bonchev–Trinajstić information content (AvgIpc) is 2.74. The molecule has 5 nitrogen and oxygen atoms in total. The van der Waals surface area contributed by atoms with Crippen LogP contribution in [0.3, 0.4) is 0 Å². The van der Waals surface area contributed by atoms with Crippen molar-refractivity contribution >= 4 is 17.6 Å². The maximum absolute atomic E-state index is 13.1. The molecule has 29 heavy (non-hydrogen) atoms. The summed E-state index contributed by atoms with van der Waals surface area (Å²) in [5, 5.41) is 0. The Bertz CT molecular complexity index is 932. The van der Waals surface area contributed by atoms with Crippen LogP contribution in [0.5, 0.6) is 0 Å². The molecule has 0 aromatic heterocycles. The summed E-state index contributed by atoms with van der Waals surface area (Å²) in [4.78, 5) is 27.8. The lowest BCUT2D eigenvalue weighted by atomic mass is 9.82. The highest BCUT2D eigenvalue weighted by Gasteiger charge is 2.38. The Balaban J connectivity index is 2.26. The average molecular weight is 391 g/mol. The first-order valence-electron chi connectivity index (χ1n) is 9.74. The lowest BCUT2D eigenvalue weighted by Crippen LogP contribution is -2.34. The van der Waals surface area contributed by atoms with Gasteiger partial charge in [-0.1, -0.05) is 48.5 Å². The van der Waals surface area contributed by atoms with Crippen molar-refractivity contribution in [2.45, 2.75) is 26.7 Å². The third kappa shape index (κ3) is 4.24. The fourth-order valence-corrected chi connectivity index (χ4v) is 3.54. The lowest BCUT2D eigenvalue weighted by molar-refractivity contribution is -0.142. The molecule has 150 valence electrons. The van der Waals surface area contributed by atoms with Crippen molar-refractivity contribution in [2.24, 2.45) is 0 Å². The summed E-state index contributed by atoms with van der Waals surface area (Å²) in [6, 6.07) is 19.1. The topological polar surface area (TPSA) is 55.8 Å². The number of hydrogen-bond acceptors (Lipinski definition) is 5. The van der Waals surface area contributed by atoms with Crippen LogP contribution >= 0.6 is 0 Å². The van der Waals surface area contributed by atoms with Crippen LogP contribution in [0.15, 0.2) is 83.7 Å². The molecule has 1 aliphatic heterocycles. The molecule has 0 spiro atoms. The second kappa shape index (κ2) is 9.24. The molecule has 0 saturated carbocycles. The Labute approximate surface area is 171 Å². The molecule has 5 heteroatoms. The van der Waals surface area contributed by atoms with Gasteiger partial charge in [-0.05, 0) is 44.0 Å². The van der Waals surface area contributed by atoms with E-state index in [0.29, 0.717) is 5.57 Å². The van der Waals surface area contributed by atoms with E-state index in [0.717, 1.165) is 16.8 Å². The van der Waals surface area contributed by atoms with Gasteiger partial charge in [-0.15, -0.1) is 0 Å². The molecule has 0 fully saturated rings. The lowest BCUT2D eigenvalue weighted by Gasteiger charge is -2.34. The zero-order chi connectivity index (χ0) is 20.8. The monoisotopic (exact) mass is 391 g/mol. The van der Waals surface area contributed by atoms with Gasteiger partial charge in [0.25, 0.3) is 0 Å². The first-order chi connectivity index (χ1) is 14.1. The van der Waals surface area contributed by atoms with Gasteiger partial charge in [-0.3, -0.25) is 0 Å². The Kier molecular flexibility index (Phi) is 6.50. The van der Waals surface area contributed by atoms with Gasteiger partial charge < -0.3 is 14.4 Å². The molecular formula is C24H25NO4. The van der Waals surface area contributed by atoms with Gasteiger partial charge in [-0.2, -0.15) is 0 Å². The Morgan fingerprint density at radius 1 is 0.862 bits per heavy atom. The van der Waals surface area contributed by atoms with Crippen LogP contribution in [0.4, 0.5) is 5.69 Å². The van der Waals surface area contributed by atoms with Crippen LogP contribution in [0, 0.1) is 0 Å². The molecule has 2 aromatic rings. The molecule has 0 saturated heterocycles. The highest BCUT2D eigenvalue weighted by atomic mass is 16.5. The number of carbonyl (C=O) groups is 2. The molecule has 1 aliphatic rings. The van der Waals surface area contributed by atoms with Crippen molar-refractivity contribution in [3.05, 3.63) is 89.3 Å². The van der Waals surface area contributed by atoms with Crippen molar-refractivity contribution < 1.29 is 19.1 Å². The second-order valence-electron chi connectivity index (χ2n) is 6.63. The number of benzene rings is 2. The summed E-state index contributed by atoms with van der Waals surface area (Å²) in [6.07, 6.45) is 1.89. The van der Waals surface area contributed by atoms with E-state index in [1.165, 1.54) is 0 Å². The van der Waals surface area contributed by atoms with Crippen molar-refractivity contribution in [3.63, 3.8) is 0 Å². The molecule has 2 aromatic carbocycles. The largest absolute Gasteiger partial charge is 0.463 e. The first-order valence-corrected chi connectivity index (χ1v) is 9.74. The van der Waals surface area contributed by atoms with Gasteiger partial charge in [0.05, 0.1) is 18.8 Å². The van der Waals surface area contributed by atoms with Crippen molar-refractivity contribution in [3.8, 4) is 0 Å². The maximum atomic E-state index is 13.1. The smallest absolute Gasteiger partial charge is 0.355 e. The number of rotatable bonds is 6. The molecule has 0 aliphatic carbocycles. The molecule has 0 N–H and O–H groups in total. The second-order valence-corrected chi connectivity index (χ2v) is 6.63. The minimum absolute atomic E-state index is 0.191. The van der Waals surface area contributed by atoms with Crippen LogP contribution in [0.2, 0.25) is 0 Å². The number of hydrogen-bond donors (Lipinski definition) is 0. The number of ether oxygens (including phenoxy) is 2. The normalized spacial score (nSPS) is 16.3. The van der Waals surface area contributed by atoms with Gasteiger partial charge in [-0.25, -0.2) is 9.59 Å². The van der Waals surface area contributed by atoms with E-state index in [9.17, 15) is 9.59 Å². The van der Waals surface area contributed by atoms with E-state index >= 15 is 0 Å². The van der Waals surface area contributed by atoms with Gasteiger partial charge in [0.2, 0.25) is 0 Å². The van der Waals surface area contributed by atoms with E-state index < -0.39 is 17.9 Å². The first kappa shape index (κ1) is 20.4. The fraction of sp³-hybridized carbons (Fsp3) is 0.250. The summed E-state index contributed by atoms with van der Waals surface area (Å²) in [5.41, 5.74) is 3.09. The maximum Gasteiger partial charge on any atom is 0.355 e. The van der Waals surface area contributed by atoms with Crippen molar-refractivity contribution in [1.29, 1.82) is 0 Å². The number of para-hydroxylation sites is 1. The van der Waals surface area contributed by atoms with Gasteiger partial charge >= 0.3 is 11.9 Å². The van der Waals surface area contributed by atoms with Crippen LogP contribution in [-0.4, -0.2) is 25.2 Å². The minimum atomic E-state index is -0.552. The van der Waals surface area contributed by atoms with E-state index in [2.05, 4.69) is 0 Å². The molecular weight excluding hydrogens is 366 g/mol. The Morgan fingerprint density at radius 2 is 1.41 bits per heavy atom. The van der Waals surface area contributed by atoms with E-state index in [4.69, 9.17) is 9.47 Å². The van der Waals surface area contributed by atoms with E-state index in [1.54, 1.807) is 18.7 Å². The SMILES string of the molecule is CCOC(=O)C1=C(C(=O)OCC)N(c2ccccc2)C=C(C)C1c1ccccc1. The summed E-state index contributed by atoms with van der Waals surface area (Å²) >= 11 is 0. The Hall–Kier alpha value is -3.34. The zero-order valence-electron chi connectivity index (χ0n) is 16.9. The zero-order valence-corrected chi connectivity index (χ0v) is 16.9. The van der Waals surface area contributed by atoms with Crippen LogP contribution in [-0.2, 0) is 19.1 Å². The number of anilines is 1. The number of esters is 2. The highest BCUT2D eigenvalue weighted by Crippen LogP contribution is 2.41. The number of allylic oxidation sites excluding steroid dienone is 1. The van der Waals surface area contributed by atoms with Crippen LogP contribution < -0.4 is 4.90 Å². The molecule has 1 heterocycles. The van der Waals surface area contributed by atoms with Gasteiger partial charge in [0.15, 0.2) is 0 Å². The summed E-state index contributed by atoms with van der Waals surface area (Å²) in [7, 11) is 0. The predicted octanol–water partition coefficient (Wildman–Crippen LogP) is 4.57. The standard InChI is InChI=1S/C24H25NO4/c1-4-28-23(26)21-20(18-12-8-6-9-13-18)17(3)16-25(19-14-10-7-11-15-19)22(21)24(27)29-5-2/h6-16,20H,4-5H2,1-3H3. The molecule has 1 atom stereocenters. The summed E-state index contributed by atoms with van der Waals surface area (Å²) in [5.74, 6) is -1.46. The minimum Gasteiger partial charge on any atom is -0.463 e. The van der Waals surface area contributed by atoms with Crippen LogP contribution in [0.25, 0.3) is 0 Å². The van der Waals surface area contributed by atoms with Crippen molar-refractivity contribution in [1.82, 2.24) is 0 Å². The quantitative estimate of drug-likeness (QED) is 0.675. The third-order valence-electron chi connectivity index (χ3n) is 4.70. The third-order valence-corrected chi connectivity index (χ3v) is 4.70. The van der Waals surface area contributed by atoms with E-state index in [-0.39, 0.29) is 18.9 Å². The molecule has 3 rings (SSSR count). The summed E-state index contributed by atoms with van der Waals surface area (Å²) < 4.78 is 10.7. The number of carbonyl (C=O) groups excluding carboxylic acids is 2. The molecule has 0 bridgehead atoms. The summed E-state index contributed by atoms with van der Waals surface area (Å²) in [6.45, 7) is 5.87. The van der Waals surface area contributed by atoms with E-state index in [1.807, 2.05) is 73.8 Å². The molecule has 0 amide bonds. The molecule has 1 unspecified atom stereocenters. The van der Waals surface area contributed by atoms with Gasteiger partial charge in [0.1, 0.15) is 5.70 Å². The Morgan fingerprint density at radius 3 is 2.00 bits per heavy atom. The van der Waals surface area contributed by atoms with Gasteiger partial charge in [0, 0.05) is 17.8 Å². The van der Waals surface area contributed by atoms with Crippen molar-refractivity contribution in [2.75, 3.05) is 18.1 Å². The predicted molar refractivity (Wildman–Crippen MR) is 112 cm³/mol. The number of nitrogens with zero attached hydrogens (tertiary/aromatic N) is 1. The highest BCUT2D eigenvalue weighted by molar-refractivity contribution is 6.05.